The van der Waals surface area contributed by atoms with Gasteiger partial charge in [0.2, 0.25) is 0 Å². The largest absolute Gasteiger partial charge is 0.400 e. The van der Waals surface area contributed by atoms with Crippen LogP contribution in [0.25, 0.3) is 0 Å². The fraction of sp³-hybridized carbons (Fsp3) is 1.00. The van der Waals surface area contributed by atoms with Gasteiger partial charge in [0.1, 0.15) is 13.2 Å². The Morgan fingerprint density at radius 2 is 1.57 bits per heavy atom. The number of hydrogen-bond acceptors (Lipinski definition) is 4. The van der Waals surface area contributed by atoms with Gasteiger partial charge < -0.3 is 4.48 Å². The lowest BCUT2D eigenvalue weighted by Crippen LogP contribution is -2.38. The van der Waals surface area contributed by atoms with E-state index in [1.807, 2.05) is 28.1 Å². The lowest BCUT2D eigenvalue weighted by molar-refractivity contribution is -0.870. The molecule has 5 nitrogen and oxygen atoms in total. The van der Waals surface area contributed by atoms with Crippen LogP contribution in [0.4, 0.5) is 0 Å². The monoisotopic (exact) mass is 226 g/mol. The molecular formula is C8H20NO4S+. The summed E-state index contributed by atoms with van der Waals surface area (Å²) >= 11 is 0. The van der Waals surface area contributed by atoms with Gasteiger partial charge in [0.05, 0.1) is 27.7 Å². The first-order valence-electron chi connectivity index (χ1n) is 4.61. The van der Waals surface area contributed by atoms with Gasteiger partial charge in [-0.15, -0.1) is 0 Å². The highest BCUT2D eigenvalue weighted by atomic mass is 32.3. The fourth-order valence-corrected chi connectivity index (χ4v) is 1.35. The van der Waals surface area contributed by atoms with E-state index in [1.165, 1.54) is 0 Å². The molecule has 0 bridgehead atoms. The highest BCUT2D eigenvalue weighted by Crippen LogP contribution is 1.98. The minimum Gasteiger partial charge on any atom is -0.329 e. The summed E-state index contributed by atoms with van der Waals surface area (Å²) in [7, 11) is 2.11. The van der Waals surface area contributed by atoms with Crippen molar-refractivity contribution in [2.45, 2.75) is 13.3 Å². The Bertz CT molecular complexity index is 243. The Hall–Kier alpha value is -0.170. The van der Waals surface area contributed by atoms with Gasteiger partial charge in [-0.3, -0.25) is 0 Å². The van der Waals surface area contributed by atoms with E-state index >= 15 is 0 Å². The van der Waals surface area contributed by atoms with Gasteiger partial charge in [-0.05, 0) is 6.42 Å². The van der Waals surface area contributed by atoms with Crippen LogP contribution in [0.3, 0.4) is 0 Å². The molecule has 0 aromatic rings. The topological polar surface area (TPSA) is 52.6 Å². The molecule has 0 amide bonds. The van der Waals surface area contributed by atoms with Crippen LogP contribution >= 0.6 is 0 Å². The molecule has 0 radical (unpaired) electrons. The third kappa shape index (κ3) is 8.43. The predicted octanol–water partition coefficient (Wildman–Crippen LogP) is 0.381. The van der Waals surface area contributed by atoms with Crippen molar-refractivity contribution in [2.24, 2.45) is 0 Å². The molecule has 0 saturated heterocycles. The molecule has 0 unspecified atom stereocenters. The summed E-state index contributed by atoms with van der Waals surface area (Å²) in [5.41, 5.74) is 0. The summed E-state index contributed by atoms with van der Waals surface area (Å²) in [5.74, 6) is 0. The second kappa shape index (κ2) is 5.65. The van der Waals surface area contributed by atoms with Crippen LogP contribution in [0.2, 0.25) is 0 Å². The molecule has 0 spiro atoms. The van der Waals surface area contributed by atoms with E-state index < -0.39 is 10.4 Å². The van der Waals surface area contributed by atoms with Crippen LogP contribution in [-0.2, 0) is 18.8 Å². The van der Waals surface area contributed by atoms with Crippen molar-refractivity contribution in [1.29, 1.82) is 0 Å². The molecule has 0 fully saturated rings. The molecule has 86 valence electrons. The third-order valence-electron chi connectivity index (χ3n) is 1.42. The highest BCUT2D eigenvalue weighted by Gasteiger charge is 2.14. The second-order valence-corrected chi connectivity index (χ2v) is 5.35. The van der Waals surface area contributed by atoms with E-state index in [4.69, 9.17) is 0 Å². The van der Waals surface area contributed by atoms with Gasteiger partial charge in [-0.25, -0.2) is 8.37 Å². The van der Waals surface area contributed by atoms with Gasteiger partial charge in [-0.1, -0.05) is 6.92 Å². The summed E-state index contributed by atoms with van der Waals surface area (Å²) in [4.78, 5) is 0. The Labute approximate surface area is 86.5 Å². The molecule has 0 N–H and O–H groups in total. The molecule has 6 heteroatoms. The van der Waals surface area contributed by atoms with Crippen molar-refractivity contribution >= 4 is 10.4 Å². The van der Waals surface area contributed by atoms with Crippen molar-refractivity contribution in [1.82, 2.24) is 0 Å². The first kappa shape index (κ1) is 13.8. The van der Waals surface area contributed by atoms with E-state index in [-0.39, 0.29) is 13.2 Å². The number of rotatable bonds is 7. The molecule has 0 rings (SSSR count). The van der Waals surface area contributed by atoms with Crippen LogP contribution in [0, 0.1) is 0 Å². The van der Waals surface area contributed by atoms with Crippen molar-refractivity contribution in [3.63, 3.8) is 0 Å². The van der Waals surface area contributed by atoms with E-state index in [0.29, 0.717) is 17.4 Å². The van der Waals surface area contributed by atoms with Crippen LogP contribution in [-0.4, -0.2) is 53.8 Å². The zero-order valence-corrected chi connectivity index (χ0v) is 10.1. The van der Waals surface area contributed by atoms with Crippen LogP contribution < -0.4 is 0 Å². The molecule has 0 aliphatic heterocycles. The first-order valence-corrected chi connectivity index (χ1v) is 5.94. The Morgan fingerprint density at radius 1 is 1.07 bits per heavy atom. The summed E-state index contributed by atoms with van der Waals surface area (Å²) in [6.07, 6.45) is 0.651. The normalized spacial score (nSPS) is 13.1. The van der Waals surface area contributed by atoms with E-state index in [0.717, 1.165) is 0 Å². The standard InChI is InChI=1S/C8H20NO4S/c1-5-7-12-14(10,11)13-8-6-9(2,3)4/h5-8H2,1-4H3/q+1. The van der Waals surface area contributed by atoms with Crippen LogP contribution in [0.5, 0.6) is 0 Å². The zero-order chi connectivity index (χ0) is 11.2. The molecule has 0 aromatic carbocycles. The lowest BCUT2D eigenvalue weighted by Gasteiger charge is -2.23. The maximum atomic E-state index is 11.0. The molecular weight excluding hydrogens is 206 g/mol. The van der Waals surface area contributed by atoms with Crippen molar-refractivity contribution in [3.05, 3.63) is 0 Å². The van der Waals surface area contributed by atoms with Crippen molar-refractivity contribution in [3.8, 4) is 0 Å². The quantitative estimate of drug-likeness (QED) is 0.589. The molecule has 0 atom stereocenters. The van der Waals surface area contributed by atoms with Crippen molar-refractivity contribution in [2.75, 3.05) is 40.9 Å². The molecule has 0 aliphatic carbocycles. The summed E-state index contributed by atoms with van der Waals surface area (Å²) < 4.78 is 31.9. The number of nitrogens with zero attached hydrogens (tertiary/aromatic N) is 1. The van der Waals surface area contributed by atoms with Gasteiger partial charge in [0, 0.05) is 0 Å². The average molecular weight is 226 g/mol. The van der Waals surface area contributed by atoms with Gasteiger partial charge >= 0.3 is 10.4 Å². The predicted molar refractivity (Wildman–Crippen MR) is 54.0 cm³/mol. The lowest BCUT2D eigenvalue weighted by atomic mass is 10.5. The number of quaternary nitrogens is 1. The summed E-state index contributed by atoms with van der Waals surface area (Å²) in [6.45, 7) is 2.78. The minimum absolute atomic E-state index is 0.148. The van der Waals surface area contributed by atoms with Crippen LogP contribution in [0.15, 0.2) is 0 Å². The van der Waals surface area contributed by atoms with E-state index in [2.05, 4.69) is 8.37 Å². The highest BCUT2D eigenvalue weighted by molar-refractivity contribution is 7.81. The minimum atomic E-state index is -3.78. The number of hydrogen-bond donors (Lipinski definition) is 0. The zero-order valence-electron chi connectivity index (χ0n) is 9.32. The van der Waals surface area contributed by atoms with Gasteiger partial charge in [-0.2, -0.15) is 8.42 Å². The number of likely N-dealkylation sites (N-methyl/N-ethyl adjacent to an activating group) is 1. The SMILES string of the molecule is CCCOS(=O)(=O)OCC[N+](C)(C)C. The molecule has 0 saturated carbocycles. The Balaban J connectivity index is 3.78. The maximum Gasteiger partial charge on any atom is 0.400 e. The van der Waals surface area contributed by atoms with E-state index in [9.17, 15) is 8.42 Å². The second-order valence-electron chi connectivity index (χ2n) is 4.07. The fourth-order valence-electron chi connectivity index (χ4n) is 0.633. The molecule has 0 aliphatic rings. The smallest absolute Gasteiger partial charge is 0.329 e. The Morgan fingerprint density at radius 3 is 2.00 bits per heavy atom. The van der Waals surface area contributed by atoms with Crippen molar-refractivity contribution < 1.29 is 21.3 Å². The molecule has 0 heterocycles. The summed E-state index contributed by atoms with van der Waals surface area (Å²) in [5, 5.41) is 0. The first-order chi connectivity index (χ1) is 6.27. The Kier molecular flexibility index (Phi) is 5.58. The van der Waals surface area contributed by atoms with Gasteiger partial charge in [0.15, 0.2) is 0 Å². The average Bonchev–Trinajstić information content (AvgIpc) is 1.98. The summed E-state index contributed by atoms with van der Waals surface area (Å²) in [6, 6.07) is 0. The maximum absolute atomic E-state index is 11.0. The molecule has 0 aromatic heterocycles. The van der Waals surface area contributed by atoms with Crippen LogP contribution in [0.1, 0.15) is 13.3 Å². The van der Waals surface area contributed by atoms with E-state index in [1.54, 1.807) is 0 Å². The molecule has 14 heavy (non-hydrogen) atoms. The third-order valence-corrected chi connectivity index (χ3v) is 2.33. The van der Waals surface area contributed by atoms with Gasteiger partial charge in [0.25, 0.3) is 0 Å².